The number of carbonyl (C=O) groups is 1. The number of benzene rings is 2. The first-order valence-electron chi connectivity index (χ1n) is 12.6. The number of ether oxygens (including phenoxy) is 1. The van der Waals surface area contributed by atoms with E-state index in [1.807, 2.05) is 30.3 Å². The predicted octanol–water partition coefficient (Wildman–Crippen LogP) is 8.08. The van der Waals surface area contributed by atoms with Crippen LogP contribution in [0.15, 0.2) is 72.3 Å². The number of esters is 1. The first-order valence-corrected chi connectivity index (χ1v) is 13.4. The van der Waals surface area contributed by atoms with Gasteiger partial charge in [-0.2, -0.15) is 5.26 Å². The maximum atomic E-state index is 12.2. The number of unbranched alkanes of at least 4 members (excludes halogenated alkanes) is 1. The number of nitriles is 1. The second-order valence-corrected chi connectivity index (χ2v) is 9.85. The van der Waals surface area contributed by atoms with Crippen LogP contribution >= 0.6 is 11.3 Å². The van der Waals surface area contributed by atoms with Crippen LogP contribution in [-0.4, -0.2) is 17.1 Å². The van der Waals surface area contributed by atoms with Crippen LogP contribution in [0.25, 0.3) is 15.8 Å². The minimum Gasteiger partial charge on any atom is -0.457 e. The molecule has 1 aromatic heterocycles. The smallest absolute Gasteiger partial charge is 0.306 e. The Balaban J connectivity index is 1.41. The maximum Gasteiger partial charge on any atom is 0.306 e. The third-order valence-electron chi connectivity index (χ3n) is 6.06. The topological polar surface area (TPSA) is 75.0 Å². The number of carbonyl (C=O) groups excluding carboxylic acids is 1. The van der Waals surface area contributed by atoms with Crippen molar-refractivity contribution < 1.29 is 9.53 Å². The van der Waals surface area contributed by atoms with E-state index in [4.69, 9.17) is 10.00 Å². The van der Waals surface area contributed by atoms with Gasteiger partial charge < -0.3 is 10.1 Å². The summed E-state index contributed by atoms with van der Waals surface area (Å²) < 4.78 is 6.87. The zero-order valence-electron chi connectivity index (χ0n) is 20.8. The van der Waals surface area contributed by atoms with Crippen LogP contribution in [-0.2, 0) is 9.53 Å². The summed E-state index contributed by atoms with van der Waals surface area (Å²) in [6.45, 7) is 4.20. The Hall–Kier alpha value is -3.69. The van der Waals surface area contributed by atoms with E-state index in [-0.39, 0.29) is 12.1 Å². The van der Waals surface area contributed by atoms with Crippen molar-refractivity contribution in [1.82, 2.24) is 4.98 Å². The lowest BCUT2D eigenvalue weighted by Crippen LogP contribution is -2.19. The molecule has 0 aliphatic heterocycles. The highest BCUT2D eigenvalue weighted by molar-refractivity contribution is 7.22. The molecule has 1 aliphatic rings. The Bertz CT molecular complexity index is 1340. The molecule has 6 heteroatoms. The van der Waals surface area contributed by atoms with Gasteiger partial charge in [-0.05, 0) is 66.3 Å². The summed E-state index contributed by atoms with van der Waals surface area (Å²) in [5, 5.41) is 13.3. The van der Waals surface area contributed by atoms with E-state index in [0.29, 0.717) is 12.0 Å². The summed E-state index contributed by atoms with van der Waals surface area (Å²) >= 11 is 1.56. The van der Waals surface area contributed by atoms with Gasteiger partial charge in [0.05, 0.1) is 21.8 Å². The molecule has 4 rings (SSSR count). The van der Waals surface area contributed by atoms with Crippen LogP contribution in [0.2, 0.25) is 0 Å². The van der Waals surface area contributed by atoms with Crippen molar-refractivity contribution in [2.75, 3.05) is 5.32 Å². The molecule has 0 radical (unpaired) electrons. The maximum absolute atomic E-state index is 12.2. The molecule has 1 atom stereocenters. The van der Waals surface area contributed by atoms with Gasteiger partial charge >= 0.3 is 5.97 Å². The molecule has 0 amide bonds. The second kappa shape index (κ2) is 12.3. The summed E-state index contributed by atoms with van der Waals surface area (Å²) in [5.41, 5.74) is 5.74. The van der Waals surface area contributed by atoms with E-state index < -0.39 is 0 Å². The Morgan fingerprint density at radius 1 is 1.14 bits per heavy atom. The van der Waals surface area contributed by atoms with Gasteiger partial charge in [0, 0.05) is 12.1 Å². The van der Waals surface area contributed by atoms with Gasteiger partial charge in [0.15, 0.2) is 5.13 Å². The number of nitrogens with zero attached hydrogens (tertiary/aromatic N) is 2. The van der Waals surface area contributed by atoms with Gasteiger partial charge in [-0.15, -0.1) is 0 Å². The molecule has 0 fully saturated rings. The number of fused-ring (bicyclic) bond motifs is 1. The Kier molecular flexibility index (Phi) is 8.70. The van der Waals surface area contributed by atoms with Crippen molar-refractivity contribution in [3.8, 4) is 6.07 Å². The molecule has 2 aromatic carbocycles. The molecule has 1 unspecified atom stereocenters. The number of hydrogen-bond acceptors (Lipinski definition) is 6. The van der Waals surface area contributed by atoms with Crippen molar-refractivity contribution >= 4 is 43.9 Å². The highest BCUT2D eigenvalue weighted by Gasteiger charge is 2.17. The Labute approximate surface area is 216 Å². The molecular weight excluding hydrogens is 466 g/mol. The van der Waals surface area contributed by atoms with Gasteiger partial charge in [0.25, 0.3) is 0 Å². The average molecular weight is 498 g/mol. The highest BCUT2D eigenvalue weighted by Crippen LogP contribution is 2.30. The lowest BCUT2D eigenvalue weighted by atomic mass is 10.0. The zero-order valence-corrected chi connectivity index (χ0v) is 21.6. The van der Waals surface area contributed by atoms with E-state index in [1.54, 1.807) is 11.3 Å². The van der Waals surface area contributed by atoms with Gasteiger partial charge in [-0.25, -0.2) is 4.98 Å². The van der Waals surface area contributed by atoms with Crippen LogP contribution < -0.4 is 5.32 Å². The monoisotopic (exact) mass is 497 g/mol. The molecule has 1 aliphatic carbocycles. The molecule has 0 saturated carbocycles. The highest BCUT2D eigenvalue weighted by atomic mass is 32.1. The quantitative estimate of drug-likeness (QED) is 0.287. The minimum absolute atomic E-state index is 0.108. The van der Waals surface area contributed by atoms with Crippen LogP contribution in [0.4, 0.5) is 10.8 Å². The fourth-order valence-corrected chi connectivity index (χ4v) is 4.98. The van der Waals surface area contributed by atoms with Crippen molar-refractivity contribution in [2.45, 2.75) is 58.5 Å². The minimum atomic E-state index is -0.187. The summed E-state index contributed by atoms with van der Waals surface area (Å²) in [4.78, 5) is 16.8. The molecular formula is C30H31N3O2S. The first-order chi connectivity index (χ1) is 17.6. The summed E-state index contributed by atoms with van der Waals surface area (Å²) in [6, 6.07) is 16.0. The first kappa shape index (κ1) is 25.4. The van der Waals surface area contributed by atoms with E-state index in [0.717, 1.165) is 69.8 Å². The van der Waals surface area contributed by atoms with Crippen LogP contribution in [0.1, 0.15) is 63.5 Å². The van der Waals surface area contributed by atoms with E-state index >= 15 is 0 Å². The molecule has 184 valence electrons. The van der Waals surface area contributed by atoms with Crippen LogP contribution in [0, 0.1) is 11.3 Å². The molecule has 0 bridgehead atoms. The molecule has 0 spiro atoms. The fraction of sp³-hybridized carbons (Fsp3) is 0.300. The number of thiazole rings is 1. The number of aromatic nitrogens is 1. The number of rotatable bonds is 10. The molecule has 36 heavy (non-hydrogen) atoms. The van der Waals surface area contributed by atoms with Gasteiger partial charge in [0.1, 0.15) is 6.10 Å². The molecule has 1 N–H and O–H groups in total. The van der Waals surface area contributed by atoms with Gasteiger partial charge in [-0.1, -0.05) is 74.5 Å². The van der Waals surface area contributed by atoms with E-state index in [1.165, 1.54) is 0 Å². The lowest BCUT2D eigenvalue weighted by Gasteiger charge is -2.18. The molecule has 1 heterocycles. The van der Waals surface area contributed by atoms with Gasteiger partial charge in [-0.3, -0.25) is 4.79 Å². The standard InChI is InChI=1S/C30H31N3O2S/c1-3-5-10-29(34)35-27(7-4-2)24-9-6-8-22(12-13-24)23-14-16-25(17-15-23)32-30-33-26-19-21(20-31)11-18-28(26)36-30/h8-9,11-19,27H,3-7,10H2,1-2H3,(H,32,33). The normalized spacial score (nSPS) is 13.9. The van der Waals surface area contributed by atoms with Crippen molar-refractivity contribution in [3.63, 3.8) is 0 Å². The molecule has 5 nitrogen and oxygen atoms in total. The van der Waals surface area contributed by atoms with Crippen molar-refractivity contribution in [3.05, 3.63) is 83.5 Å². The zero-order chi connectivity index (χ0) is 25.3. The number of anilines is 2. The van der Waals surface area contributed by atoms with E-state index in [2.05, 4.69) is 66.7 Å². The van der Waals surface area contributed by atoms with E-state index in [9.17, 15) is 4.79 Å². The predicted molar refractivity (Wildman–Crippen MR) is 148 cm³/mol. The van der Waals surface area contributed by atoms with Crippen molar-refractivity contribution in [2.24, 2.45) is 0 Å². The Morgan fingerprint density at radius 2 is 1.97 bits per heavy atom. The SMILES string of the molecule is CCCCC(=O)OC(CCC)C1=CCC=C(c2ccc(Nc3nc4cc(C#N)ccc4s3)cc2)C=C1. The average Bonchev–Trinajstić information content (AvgIpc) is 3.12. The number of allylic oxidation sites excluding steroid dienone is 4. The van der Waals surface area contributed by atoms with Crippen LogP contribution in [0.5, 0.6) is 0 Å². The third kappa shape index (κ3) is 6.50. The van der Waals surface area contributed by atoms with Gasteiger partial charge in [0.2, 0.25) is 0 Å². The fourth-order valence-electron chi connectivity index (χ4n) is 4.11. The third-order valence-corrected chi connectivity index (χ3v) is 7.02. The lowest BCUT2D eigenvalue weighted by molar-refractivity contribution is -0.147. The summed E-state index contributed by atoms with van der Waals surface area (Å²) in [6.07, 6.45) is 13.3. The summed E-state index contributed by atoms with van der Waals surface area (Å²) in [5.74, 6) is -0.108. The van der Waals surface area contributed by atoms with Crippen LogP contribution in [0.3, 0.4) is 0 Å². The Morgan fingerprint density at radius 3 is 2.72 bits per heavy atom. The number of hydrogen-bond donors (Lipinski definition) is 1. The largest absolute Gasteiger partial charge is 0.457 e. The second-order valence-electron chi connectivity index (χ2n) is 8.82. The number of nitrogens with one attached hydrogen (secondary N) is 1. The summed E-state index contributed by atoms with van der Waals surface area (Å²) in [7, 11) is 0. The molecule has 0 saturated heterocycles. The van der Waals surface area contributed by atoms with Crippen molar-refractivity contribution in [1.29, 1.82) is 5.26 Å². The molecule has 3 aromatic rings.